The van der Waals surface area contributed by atoms with Crippen molar-refractivity contribution in [2.45, 2.75) is 45.1 Å². The summed E-state index contributed by atoms with van der Waals surface area (Å²) >= 11 is 0. The highest BCUT2D eigenvalue weighted by Gasteiger charge is 2.27. The van der Waals surface area contributed by atoms with Crippen LogP contribution in [0.4, 0.5) is 0 Å². The van der Waals surface area contributed by atoms with E-state index >= 15 is 0 Å². The zero-order valence-corrected chi connectivity index (χ0v) is 11.3. The van der Waals surface area contributed by atoms with E-state index in [1.165, 1.54) is 12.8 Å². The van der Waals surface area contributed by atoms with Gasteiger partial charge in [-0.05, 0) is 39.2 Å². The van der Waals surface area contributed by atoms with Gasteiger partial charge in [0.15, 0.2) is 0 Å². The average Bonchev–Trinajstić information content (AvgIpc) is 3.16. The first kappa shape index (κ1) is 12.4. The number of aryl methyl sites for hydroxylation is 2. The van der Waals surface area contributed by atoms with Gasteiger partial charge in [0, 0.05) is 30.3 Å². The molecule has 19 heavy (non-hydrogen) atoms. The molecule has 1 aliphatic rings. The second kappa shape index (κ2) is 4.81. The topological polar surface area (TPSA) is 65.3 Å². The molecule has 0 aromatic carbocycles. The van der Waals surface area contributed by atoms with Crippen molar-refractivity contribution in [1.82, 2.24) is 14.2 Å². The minimum atomic E-state index is -0.0291. The molecule has 0 bridgehead atoms. The van der Waals surface area contributed by atoms with Crippen LogP contribution in [0.1, 0.15) is 43.5 Å². The van der Waals surface area contributed by atoms with E-state index in [0.717, 1.165) is 36.4 Å². The smallest absolute Gasteiger partial charge is 0.274 e. The van der Waals surface area contributed by atoms with E-state index in [0.29, 0.717) is 12.5 Å². The molecule has 1 fully saturated rings. The summed E-state index contributed by atoms with van der Waals surface area (Å²) in [5.74, 6) is 0.567. The second-order valence-electron chi connectivity index (χ2n) is 5.22. The number of fused-ring (bicyclic) bond motifs is 1. The summed E-state index contributed by atoms with van der Waals surface area (Å²) in [4.78, 5) is 12.1. The molecule has 5 heteroatoms. The molecule has 3 rings (SSSR count). The van der Waals surface area contributed by atoms with Gasteiger partial charge in [-0.3, -0.25) is 4.79 Å². The zero-order chi connectivity index (χ0) is 13.4. The Bertz CT molecular complexity index is 651. The maximum Gasteiger partial charge on any atom is 0.274 e. The summed E-state index contributed by atoms with van der Waals surface area (Å²) in [6, 6.07) is 3.78. The Hall–Kier alpha value is -1.62. The van der Waals surface area contributed by atoms with E-state index in [-0.39, 0.29) is 5.56 Å². The molecule has 2 aromatic heterocycles. The van der Waals surface area contributed by atoms with Crippen molar-refractivity contribution < 1.29 is 0 Å². The minimum Gasteiger partial charge on any atom is -0.330 e. The van der Waals surface area contributed by atoms with Crippen LogP contribution in [0.25, 0.3) is 5.65 Å². The van der Waals surface area contributed by atoms with Gasteiger partial charge in [-0.1, -0.05) is 0 Å². The molecule has 1 saturated carbocycles. The Morgan fingerprint density at radius 3 is 2.84 bits per heavy atom. The molecule has 0 atom stereocenters. The monoisotopic (exact) mass is 260 g/mol. The first-order valence-electron chi connectivity index (χ1n) is 7.07. The van der Waals surface area contributed by atoms with E-state index in [1.807, 2.05) is 0 Å². The molecule has 0 radical (unpaired) electrons. The molecular formula is C14H20N4O. The Labute approximate surface area is 112 Å². The fraction of sp³-hybridized carbons (Fsp3) is 0.571. The molecule has 2 N–H and O–H groups in total. The molecule has 0 saturated heterocycles. The number of hydrogen-bond donors (Lipinski definition) is 1. The van der Waals surface area contributed by atoms with Gasteiger partial charge in [0.1, 0.15) is 5.65 Å². The third-order valence-corrected chi connectivity index (χ3v) is 3.78. The highest BCUT2D eigenvalue weighted by atomic mass is 16.1. The van der Waals surface area contributed by atoms with Gasteiger partial charge in [-0.2, -0.15) is 9.61 Å². The maximum absolute atomic E-state index is 12.1. The van der Waals surface area contributed by atoms with Crippen molar-refractivity contribution in [3.05, 3.63) is 33.9 Å². The van der Waals surface area contributed by atoms with Crippen molar-refractivity contribution in [2.75, 3.05) is 6.54 Å². The Morgan fingerprint density at radius 1 is 1.42 bits per heavy atom. The molecule has 2 heterocycles. The summed E-state index contributed by atoms with van der Waals surface area (Å²) in [7, 11) is 0. The number of nitrogens with zero attached hydrogens (tertiary/aromatic N) is 3. The van der Waals surface area contributed by atoms with Crippen molar-refractivity contribution >= 4 is 5.65 Å². The van der Waals surface area contributed by atoms with Crippen LogP contribution in [-0.2, 0) is 13.0 Å². The van der Waals surface area contributed by atoms with Crippen LogP contribution in [0.2, 0.25) is 0 Å². The average molecular weight is 260 g/mol. The third kappa shape index (κ3) is 2.18. The second-order valence-corrected chi connectivity index (χ2v) is 5.22. The highest BCUT2D eigenvalue weighted by molar-refractivity contribution is 5.43. The van der Waals surface area contributed by atoms with Crippen LogP contribution in [-0.4, -0.2) is 20.7 Å². The predicted molar refractivity (Wildman–Crippen MR) is 74.5 cm³/mol. The zero-order valence-electron chi connectivity index (χ0n) is 11.3. The summed E-state index contributed by atoms with van der Waals surface area (Å²) in [6.07, 6.45) is 4.15. The molecule has 102 valence electrons. The molecule has 0 aliphatic heterocycles. The van der Waals surface area contributed by atoms with Crippen LogP contribution < -0.4 is 11.3 Å². The van der Waals surface area contributed by atoms with Crippen LogP contribution in [0.15, 0.2) is 16.9 Å². The van der Waals surface area contributed by atoms with Gasteiger partial charge in [0.05, 0.1) is 5.69 Å². The normalized spacial score (nSPS) is 15.3. The van der Waals surface area contributed by atoms with Crippen molar-refractivity contribution in [1.29, 1.82) is 0 Å². The van der Waals surface area contributed by atoms with Crippen LogP contribution in [0, 0.1) is 0 Å². The third-order valence-electron chi connectivity index (χ3n) is 3.78. The first-order valence-corrected chi connectivity index (χ1v) is 7.07. The fourth-order valence-electron chi connectivity index (χ4n) is 2.61. The van der Waals surface area contributed by atoms with Crippen LogP contribution in [0.3, 0.4) is 0 Å². The lowest BCUT2D eigenvalue weighted by Gasteiger charge is -2.12. The van der Waals surface area contributed by atoms with E-state index in [4.69, 9.17) is 5.73 Å². The maximum atomic E-state index is 12.1. The Morgan fingerprint density at radius 2 is 2.21 bits per heavy atom. The summed E-state index contributed by atoms with van der Waals surface area (Å²) in [6.45, 7) is 3.59. The van der Waals surface area contributed by atoms with E-state index in [1.54, 1.807) is 10.6 Å². The van der Waals surface area contributed by atoms with Gasteiger partial charge in [-0.25, -0.2) is 0 Å². The van der Waals surface area contributed by atoms with Gasteiger partial charge in [0.25, 0.3) is 5.56 Å². The summed E-state index contributed by atoms with van der Waals surface area (Å²) < 4.78 is 3.72. The first-order chi connectivity index (χ1) is 9.24. The number of rotatable bonds is 5. The summed E-state index contributed by atoms with van der Waals surface area (Å²) in [5.41, 5.74) is 8.58. The lowest BCUT2D eigenvalue weighted by molar-refractivity contribution is 0.667. The van der Waals surface area contributed by atoms with Crippen LogP contribution >= 0.6 is 0 Å². The van der Waals surface area contributed by atoms with Gasteiger partial charge >= 0.3 is 0 Å². The minimum absolute atomic E-state index is 0.0291. The van der Waals surface area contributed by atoms with Crippen molar-refractivity contribution in [3.8, 4) is 0 Å². The molecule has 2 aromatic rings. The van der Waals surface area contributed by atoms with Crippen molar-refractivity contribution in [3.63, 3.8) is 0 Å². The molecular weight excluding hydrogens is 240 g/mol. The molecule has 0 spiro atoms. The standard InChI is InChI=1S/C14H20N4O/c1-2-17-11(4-3-7-15)8-14(19)18-13(17)9-12(16-18)10-5-6-10/h8-10H,2-7,15H2,1H3. The van der Waals surface area contributed by atoms with E-state index in [9.17, 15) is 4.79 Å². The number of aromatic nitrogens is 3. The highest BCUT2D eigenvalue weighted by Crippen LogP contribution is 2.39. The fourth-order valence-corrected chi connectivity index (χ4v) is 2.61. The van der Waals surface area contributed by atoms with Crippen LogP contribution in [0.5, 0.6) is 0 Å². The van der Waals surface area contributed by atoms with Gasteiger partial charge in [0.2, 0.25) is 0 Å². The Balaban J connectivity index is 2.14. The lowest BCUT2D eigenvalue weighted by Crippen LogP contribution is -2.21. The Kier molecular flexibility index (Phi) is 3.14. The predicted octanol–water partition coefficient (Wildman–Crippen LogP) is 1.28. The van der Waals surface area contributed by atoms with E-state index in [2.05, 4.69) is 22.7 Å². The van der Waals surface area contributed by atoms with Gasteiger partial charge < -0.3 is 10.3 Å². The molecule has 5 nitrogen and oxygen atoms in total. The lowest BCUT2D eigenvalue weighted by atomic mass is 10.2. The molecule has 0 unspecified atom stereocenters. The van der Waals surface area contributed by atoms with Crippen molar-refractivity contribution in [2.24, 2.45) is 5.73 Å². The number of hydrogen-bond acceptors (Lipinski definition) is 3. The molecule has 0 amide bonds. The molecule has 1 aliphatic carbocycles. The van der Waals surface area contributed by atoms with Gasteiger partial charge in [-0.15, -0.1) is 0 Å². The quantitative estimate of drug-likeness (QED) is 0.881. The van der Waals surface area contributed by atoms with E-state index < -0.39 is 0 Å². The number of nitrogens with two attached hydrogens (primary N) is 1. The SMILES string of the molecule is CCn1c(CCCN)cc(=O)n2nc(C3CC3)cc12. The summed E-state index contributed by atoms with van der Waals surface area (Å²) in [5, 5.41) is 4.46. The largest absolute Gasteiger partial charge is 0.330 e.